The van der Waals surface area contributed by atoms with E-state index in [2.05, 4.69) is 23.7 Å². The number of aliphatic hydroxyl groups excluding tert-OH is 1. The van der Waals surface area contributed by atoms with Crippen molar-refractivity contribution in [1.29, 1.82) is 0 Å². The number of aryl methyl sites for hydroxylation is 2. The molecule has 2 rings (SSSR count). The van der Waals surface area contributed by atoms with E-state index in [1.165, 1.54) is 15.6 Å². The van der Waals surface area contributed by atoms with Gasteiger partial charge in [0.05, 0.1) is 18.3 Å². The van der Waals surface area contributed by atoms with Crippen molar-refractivity contribution in [3.05, 3.63) is 15.6 Å². The van der Waals surface area contributed by atoms with Crippen LogP contribution >= 0.6 is 11.3 Å². The van der Waals surface area contributed by atoms with Crippen LogP contribution in [0.3, 0.4) is 0 Å². The predicted octanol–water partition coefficient (Wildman–Crippen LogP) is 2.35. The molecule has 2 heterocycles. The van der Waals surface area contributed by atoms with E-state index in [1.54, 1.807) is 0 Å². The Morgan fingerprint density at radius 1 is 1.41 bits per heavy atom. The predicted molar refractivity (Wildman–Crippen MR) is 71.3 cm³/mol. The Balaban J connectivity index is 1.86. The van der Waals surface area contributed by atoms with Gasteiger partial charge in [0.15, 0.2) is 0 Å². The molecule has 1 aliphatic rings. The van der Waals surface area contributed by atoms with Crippen molar-refractivity contribution in [3.8, 4) is 0 Å². The number of thiazole rings is 1. The Morgan fingerprint density at radius 2 is 2.06 bits per heavy atom. The molecule has 1 aromatic heterocycles. The molecule has 1 unspecified atom stereocenters. The van der Waals surface area contributed by atoms with Crippen LogP contribution in [0.4, 0.5) is 0 Å². The van der Waals surface area contributed by atoms with Crippen molar-refractivity contribution in [2.24, 2.45) is 5.92 Å². The zero-order chi connectivity index (χ0) is 12.4. The Bertz CT molecular complexity index is 348. The van der Waals surface area contributed by atoms with Crippen LogP contribution in [0.1, 0.15) is 35.3 Å². The van der Waals surface area contributed by atoms with Crippen molar-refractivity contribution in [1.82, 2.24) is 9.88 Å². The fraction of sp³-hybridized carbons (Fsp3) is 0.769. The number of piperidine rings is 1. The van der Waals surface area contributed by atoms with Crippen LogP contribution in [0.15, 0.2) is 0 Å². The zero-order valence-corrected chi connectivity index (χ0v) is 11.8. The van der Waals surface area contributed by atoms with E-state index in [-0.39, 0.29) is 6.10 Å². The van der Waals surface area contributed by atoms with Gasteiger partial charge in [-0.3, -0.25) is 4.90 Å². The van der Waals surface area contributed by atoms with Crippen molar-refractivity contribution in [2.45, 2.75) is 46.3 Å². The molecule has 0 bridgehead atoms. The summed E-state index contributed by atoms with van der Waals surface area (Å²) < 4.78 is 0. The Kier molecular flexibility index (Phi) is 4.17. The second-order valence-corrected chi connectivity index (χ2v) is 6.39. The lowest BCUT2D eigenvalue weighted by Gasteiger charge is -2.32. The van der Waals surface area contributed by atoms with Crippen molar-refractivity contribution < 1.29 is 5.11 Å². The summed E-state index contributed by atoms with van der Waals surface area (Å²) in [5.74, 6) is 0.492. The van der Waals surface area contributed by atoms with E-state index in [0.29, 0.717) is 5.92 Å². The maximum absolute atomic E-state index is 9.56. The zero-order valence-electron chi connectivity index (χ0n) is 10.9. The standard InChI is InChI=1S/C13H22N2OS/c1-9-11(3)17-13(14-9)8-15-6-4-12(5-7-15)10(2)16/h10,12,16H,4-8H2,1-3H3. The summed E-state index contributed by atoms with van der Waals surface area (Å²) in [6, 6.07) is 0. The number of hydrogen-bond acceptors (Lipinski definition) is 4. The summed E-state index contributed by atoms with van der Waals surface area (Å²) in [7, 11) is 0. The number of rotatable bonds is 3. The molecular formula is C13H22N2OS. The van der Waals surface area contributed by atoms with Crippen LogP contribution in [0.5, 0.6) is 0 Å². The Labute approximate surface area is 107 Å². The SMILES string of the molecule is Cc1nc(CN2CCC(C(C)O)CC2)sc1C. The molecule has 0 spiro atoms. The summed E-state index contributed by atoms with van der Waals surface area (Å²) >= 11 is 1.81. The van der Waals surface area contributed by atoms with E-state index in [4.69, 9.17) is 0 Å². The van der Waals surface area contributed by atoms with E-state index in [1.807, 2.05) is 18.3 Å². The fourth-order valence-corrected chi connectivity index (χ4v) is 3.37. The fourth-order valence-electron chi connectivity index (χ4n) is 2.39. The van der Waals surface area contributed by atoms with Gasteiger partial charge in [0, 0.05) is 4.88 Å². The average Bonchev–Trinajstić information content (AvgIpc) is 2.58. The lowest BCUT2D eigenvalue weighted by atomic mass is 9.92. The first-order valence-corrected chi connectivity index (χ1v) is 7.21. The molecular weight excluding hydrogens is 232 g/mol. The van der Waals surface area contributed by atoms with E-state index in [9.17, 15) is 5.11 Å². The number of nitrogens with zero attached hydrogens (tertiary/aromatic N) is 2. The van der Waals surface area contributed by atoms with Gasteiger partial charge < -0.3 is 5.11 Å². The summed E-state index contributed by atoms with van der Waals surface area (Å²) in [6.07, 6.45) is 2.07. The lowest BCUT2D eigenvalue weighted by molar-refractivity contribution is 0.0695. The van der Waals surface area contributed by atoms with Crippen LogP contribution in [0.25, 0.3) is 0 Å². The molecule has 0 saturated carbocycles. The van der Waals surface area contributed by atoms with Gasteiger partial charge in [0.25, 0.3) is 0 Å². The molecule has 1 aliphatic heterocycles. The quantitative estimate of drug-likeness (QED) is 0.899. The van der Waals surface area contributed by atoms with Crippen LogP contribution in [0, 0.1) is 19.8 Å². The average molecular weight is 254 g/mol. The largest absolute Gasteiger partial charge is 0.393 e. The summed E-state index contributed by atoms with van der Waals surface area (Å²) in [6.45, 7) is 9.28. The maximum Gasteiger partial charge on any atom is 0.107 e. The van der Waals surface area contributed by atoms with Crippen molar-refractivity contribution in [3.63, 3.8) is 0 Å². The van der Waals surface area contributed by atoms with Gasteiger partial charge in [-0.25, -0.2) is 4.98 Å². The number of hydrogen-bond donors (Lipinski definition) is 1. The highest BCUT2D eigenvalue weighted by atomic mass is 32.1. The highest BCUT2D eigenvalue weighted by molar-refractivity contribution is 7.11. The first-order chi connectivity index (χ1) is 8.06. The number of aromatic nitrogens is 1. The second-order valence-electron chi connectivity index (χ2n) is 5.10. The van der Waals surface area contributed by atoms with Crippen LogP contribution < -0.4 is 0 Å². The molecule has 1 N–H and O–H groups in total. The van der Waals surface area contributed by atoms with Crippen LogP contribution in [-0.2, 0) is 6.54 Å². The van der Waals surface area contributed by atoms with Crippen molar-refractivity contribution >= 4 is 11.3 Å². The molecule has 4 heteroatoms. The van der Waals surface area contributed by atoms with Gasteiger partial charge in [-0.15, -0.1) is 11.3 Å². The topological polar surface area (TPSA) is 36.4 Å². The molecule has 0 amide bonds. The summed E-state index contributed by atoms with van der Waals surface area (Å²) in [4.78, 5) is 8.37. The van der Waals surface area contributed by atoms with Crippen LogP contribution in [0.2, 0.25) is 0 Å². The van der Waals surface area contributed by atoms with E-state index < -0.39 is 0 Å². The third-order valence-electron chi connectivity index (χ3n) is 3.75. The molecule has 0 aromatic carbocycles. The van der Waals surface area contributed by atoms with Gasteiger partial charge in [0.2, 0.25) is 0 Å². The Hall–Kier alpha value is -0.450. The second kappa shape index (κ2) is 5.46. The minimum absolute atomic E-state index is 0.151. The monoisotopic (exact) mass is 254 g/mol. The molecule has 1 atom stereocenters. The molecule has 1 saturated heterocycles. The van der Waals surface area contributed by atoms with Gasteiger partial charge in [-0.1, -0.05) is 0 Å². The molecule has 96 valence electrons. The summed E-state index contributed by atoms with van der Waals surface area (Å²) in [5.41, 5.74) is 1.17. The molecule has 17 heavy (non-hydrogen) atoms. The minimum atomic E-state index is -0.151. The van der Waals surface area contributed by atoms with Gasteiger partial charge in [0.1, 0.15) is 5.01 Å². The Morgan fingerprint density at radius 3 is 2.53 bits per heavy atom. The van der Waals surface area contributed by atoms with Crippen molar-refractivity contribution in [2.75, 3.05) is 13.1 Å². The first-order valence-electron chi connectivity index (χ1n) is 6.39. The molecule has 1 aromatic rings. The minimum Gasteiger partial charge on any atom is -0.393 e. The third kappa shape index (κ3) is 3.27. The molecule has 1 fully saturated rings. The maximum atomic E-state index is 9.56. The van der Waals surface area contributed by atoms with Gasteiger partial charge >= 0.3 is 0 Å². The van der Waals surface area contributed by atoms with E-state index >= 15 is 0 Å². The number of aliphatic hydroxyl groups is 1. The smallest absolute Gasteiger partial charge is 0.107 e. The lowest BCUT2D eigenvalue weighted by Crippen LogP contribution is -2.36. The highest BCUT2D eigenvalue weighted by Crippen LogP contribution is 2.23. The first kappa shape index (κ1) is 13.0. The summed E-state index contributed by atoms with van der Waals surface area (Å²) in [5, 5.41) is 10.8. The normalized spacial score (nSPS) is 20.7. The number of likely N-dealkylation sites (tertiary alicyclic amines) is 1. The molecule has 3 nitrogen and oxygen atoms in total. The highest BCUT2D eigenvalue weighted by Gasteiger charge is 2.23. The molecule has 0 radical (unpaired) electrons. The third-order valence-corrected chi connectivity index (χ3v) is 4.80. The molecule has 0 aliphatic carbocycles. The van der Waals surface area contributed by atoms with Gasteiger partial charge in [-0.05, 0) is 52.6 Å². The van der Waals surface area contributed by atoms with Gasteiger partial charge in [-0.2, -0.15) is 0 Å². The van der Waals surface area contributed by atoms with Crippen LogP contribution in [-0.4, -0.2) is 34.2 Å². The van der Waals surface area contributed by atoms with E-state index in [0.717, 1.165) is 32.5 Å².